The van der Waals surface area contributed by atoms with Crippen LogP contribution in [0.5, 0.6) is 5.75 Å². The van der Waals surface area contributed by atoms with Gasteiger partial charge in [-0.05, 0) is 24.8 Å². The summed E-state index contributed by atoms with van der Waals surface area (Å²) in [6.07, 6.45) is 2.34. The molecule has 0 aromatic heterocycles. The van der Waals surface area contributed by atoms with Crippen molar-refractivity contribution in [1.82, 2.24) is 0 Å². The molecule has 0 saturated carbocycles. The summed E-state index contributed by atoms with van der Waals surface area (Å²) in [5.74, 6) is 1.62. The van der Waals surface area contributed by atoms with E-state index in [1.807, 2.05) is 24.3 Å². The van der Waals surface area contributed by atoms with Gasteiger partial charge in [0, 0.05) is 18.7 Å². The molecule has 1 rings (SSSR count). The molecule has 18 heavy (non-hydrogen) atoms. The lowest BCUT2D eigenvalue weighted by Gasteiger charge is -2.10. The van der Waals surface area contributed by atoms with E-state index in [-0.39, 0.29) is 0 Å². The van der Waals surface area contributed by atoms with Gasteiger partial charge in [0.05, 0.1) is 6.61 Å². The van der Waals surface area contributed by atoms with E-state index < -0.39 is 0 Å². The summed E-state index contributed by atoms with van der Waals surface area (Å²) in [4.78, 5) is 0. The van der Waals surface area contributed by atoms with Crippen molar-refractivity contribution >= 4 is 0 Å². The van der Waals surface area contributed by atoms with Gasteiger partial charge < -0.3 is 15.2 Å². The Balaban J connectivity index is 2.10. The van der Waals surface area contributed by atoms with Crippen LogP contribution in [0.1, 0.15) is 32.3 Å². The second kappa shape index (κ2) is 8.95. The predicted molar refractivity (Wildman–Crippen MR) is 74.7 cm³/mol. The smallest absolute Gasteiger partial charge is 0.123 e. The van der Waals surface area contributed by atoms with E-state index in [9.17, 15) is 0 Å². The van der Waals surface area contributed by atoms with Crippen LogP contribution in [0.3, 0.4) is 0 Å². The quantitative estimate of drug-likeness (QED) is 0.686. The van der Waals surface area contributed by atoms with Crippen molar-refractivity contribution in [2.45, 2.75) is 33.2 Å². The molecular weight excluding hydrogens is 226 g/mol. The fourth-order valence-corrected chi connectivity index (χ4v) is 1.72. The van der Waals surface area contributed by atoms with Crippen molar-refractivity contribution in [2.24, 2.45) is 11.7 Å². The van der Waals surface area contributed by atoms with E-state index in [2.05, 4.69) is 13.8 Å². The van der Waals surface area contributed by atoms with Gasteiger partial charge in [-0.2, -0.15) is 0 Å². The Morgan fingerprint density at radius 2 is 1.89 bits per heavy atom. The molecule has 3 heteroatoms. The summed E-state index contributed by atoms with van der Waals surface area (Å²) >= 11 is 0. The molecule has 0 aliphatic heterocycles. The van der Waals surface area contributed by atoms with E-state index in [0.717, 1.165) is 30.3 Å². The van der Waals surface area contributed by atoms with Crippen molar-refractivity contribution in [3.63, 3.8) is 0 Å². The minimum absolute atomic E-state index is 0.505. The molecule has 0 heterocycles. The fourth-order valence-electron chi connectivity index (χ4n) is 1.72. The van der Waals surface area contributed by atoms with Gasteiger partial charge in [-0.15, -0.1) is 0 Å². The van der Waals surface area contributed by atoms with Crippen molar-refractivity contribution in [1.29, 1.82) is 0 Å². The lowest BCUT2D eigenvalue weighted by Crippen LogP contribution is -2.09. The van der Waals surface area contributed by atoms with Crippen LogP contribution in [-0.4, -0.2) is 19.8 Å². The van der Waals surface area contributed by atoms with Gasteiger partial charge in [-0.1, -0.05) is 32.0 Å². The lowest BCUT2D eigenvalue weighted by molar-refractivity contribution is 0.0954. The SMILES string of the molecule is CC(C)CCCOCCOc1ccccc1CN. The topological polar surface area (TPSA) is 44.5 Å². The zero-order valence-electron chi connectivity index (χ0n) is 11.5. The molecule has 0 aliphatic rings. The van der Waals surface area contributed by atoms with Gasteiger partial charge >= 0.3 is 0 Å². The van der Waals surface area contributed by atoms with Crippen LogP contribution in [0.25, 0.3) is 0 Å². The Bertz CT molecular complexity index is 326. The number of hydrogen-bond acceptors (Lipinski definition) is 3. The number of hydrogen-bond donors (Lipinski definition) is 1. The molecule has 0 aliphatic carbocycles. The Morgan fingerprint density at radius 3 is 2.61 bits per heavy atom. The number of ether oxygens (including phenoxy) is 2. The summed E-state index contributed by atoms with van der Waals surface area (Å²) < 4.78 is 11.2. The highest BCUT2D eigenvalue weighted by atomic mass is 16.5. The molecule has 0 fully saturated rings. The van der Waals surface area contributed by atoms with Crippen LogP contribution in [-0.2, 0) is 11.3 Å². The molecule has 1 aromatic carbocycles. The molecule has 0 saturated heterocycles. The lowest BCUT2D eigenvalue weighted by atomic mass is 10.1. The maximum absolute atomic E-state index is 5.65. The summed E-state index contributed by atoms with van der Waals surface area (Å²) in [6, 6.07) is 7.86. The standard InChI is InChI=1S/C15H25NO2/c1-13(2)6-5-9-17-10-11-18-15-8-4-3-7-14(15)12-16/h3-4,7-8,13H,5-6,9-12,16H2,1-2H3. The number of para-hydroxylation sites is 1. The van der Waals surface area contributed by atoms with Gasteiger partial charge in [0.2, 0.25) is 0 Å². The molecular formula is C15H25NO2. The molecule has 0 atom stereocenters. The van der Waals surface area contributed by atoms with E-state index in [1.165, 1.54) is 6.42 Å². The zero-order chi connectivity index (χ0) is 13.2. The van der Waals surface area contributed by atoms with Gasteiger partial charge in [-0.25, -0.2) is 0 Å². The van der Waals surface area contributed by atoms with Crippen molar-refractivity contribution in [2.75, 3.05) is 19.8 Å². The number of benzene rings is 1. The Hall–Kier alpha value is -1.06. The third-order valence-corrected chi connectivity index (χ3v) is 2.75. The highest BCUT2D eigenvalue weighted by Gasteiger charge is 2.00. The van der Waals surface area contributed by atoms with E-state index in [4.69, 9.17) is 15.2 Å². The van der Waals surface area contributed by atoms with E-state index in [0.29, 0.717) is 19.8 Å². The molecule has 0 bridgehead atoms. The van der Waals surface area contributed by atoms with Crippen molar-refractivity contribution in [3.8, 4) is 5.75 Å². The normalized spacial score (nSPS) is 10.9. The second-order valence-electron chi connectivity index (χ2n) is 4.81. The average molecular weight is 251 g/mol. The molecule has 0 spiro atoms. The molecule has 102 valence electrons. The van der Waals surface area contributed by atoms with Crippen LogP contribution in [0.15, 0.2) is 24.3 Å². The first-order chi connectivity index (χ1) is 8.74. The van der Waals surface area contributed by atoms with Crippen LogP contribution in [0.4, 0.5) is 0 Å². The first-order valence-electron chi connectivity index (χ1n) is 6.72. The minimum Gasteiger partial charge on any atom is -0.491 e. The van der Waals surface area contributed by atoms with Crippen LogP contribution in [0, 0.1) is 5.92 Å². The summed E-state index contributed by atoms with van der Waals surface area (Å²) in [6.45, 7) is 7.00. The molecule has 0 radical (unpaired) electrons. The van der Waals surface area contributed by atoms with Crippen LogP contribution >= 0.6 is 0 Å². The highest BCUT2D eigenvalue weighted by Crippen LogP contribution is 2.16. The molecule has 3 nitrogen and oxygen atoms in total. The summed E-state index contributed by atoms with van der Waals surface area (Å²) in [5.41, 5.74) is 6.68. The minimum atomic E-state index is 0.505. The fraction of sp³-hybridized carbons (Fsp3) is 0.600. The van der Waals surface area contributed by atoms with Crippen LogP contribution in [0.2, 0.25) is 0 Å². The Kier molecular flexibility index (Phi) is 7.46. The van der Waals surface area contributed by atoms with Gasteiger partial charge in [-0.3, -0.25) is 0 Å². The third-order valence-electron chi connectivity index (χ3n) is 2.75. The average Bonchev–Trinajstić information content (AvgIpc) is 2.37. The molecule has 0 unspecified atom stereocenters. The number of rotatable bonds is 9. The van der Waals surface area contributed by atoms with E-state index >= 15 is 0 Å². The summed E-state index contributed by atoms with van der Waals surface area (Å²) in [5, 5.41) is 0. The molecule has 1 aromatic rings. The van der Waals surface area contributed by atoms with Crippen molar-refractivity contribution < 1.29 is 9.47 Å². The monoisotopic (exact) mass is 251 g/mol. The Labute approximate surface area is 110 Å². The maximum Gasteiger partial charge on any atom is 0.123 e. The molecule has 2 N–H and O–H groups in total. The maximum atomic E-state index is 5.65. The van der Waals surface area contributed by atoms with Gasteiger partial charge in [0.15, 0.2) is 0 Å². The third kappa shape index (κ3) is 6.03. The number of nitrogens with two attached hydrogens (primary N) is 1. The Morgan fingerprint density at radius 1 is 1.11 bits per heavy atom. The first kappa shape index (κ1) is 15.0. The molecule has 0 amide bonds. The summed E-state index contributed by atoms with van der Waals surface area (Å²) in [7, 11) is 0. The largest absolute Gasteiger partial charge is 0.491 e. The van der Waals surface area contributed by atoms with E-state index in [1.54, 1.807) is 0 Å². The highest BCUT2D eigenvalue weighted by molar-refractivity contribution is 5.32. The van der Waals surface area contributed by atoms with Crippen molar-refractivity contribution in [3.05, 3.63) is 29.8 Å². The van der Waals surface area contributed by atoms with Gasteiger partial charge in [0.1, 0.15) is 12.4 Å². The van der Waals surface area contributed by atoms with Crippen LogP contribution < -0.4 is 10.5 Å². The zero-order valence-corrected chi connectivity index (χ0v) is 11.5. The van der Waals surface area contributed by atoms with Gasteiger partial charge in [0.25, 0.3) is 0 Å². The predicted octanol–water partition coefficient (Wildman–Crippen LogP) is 2.98. The second-order valence-corrected chi connectivity index (χ2v) is 4.81. The first-order valence-corrected chi connectivity index (χ1v) is 6.72.